The van der Waals surface area contributed by atoms with Crippen molar-refractivity contribution >= 4 is 11.8 Å². The summed E-state index contributed by atoms with van der Waals surface area (Å²) in [4.78, 5) is 1.25. The van der Waals surface area contributed by atoms with Crippen LogP contribution in [-0.2, 0) is 0 Å². The lowest BCUT2D eigenvalue weighted by atomic mass is 10.2. The van der Waals surface area contributed by atoms with Crippen molar-refractivity contribution in [1.29, 1.82) is 0 Å². The maximum absolute atomic E-state index is 8.67. The average molecular weight is 284 g/mol. The lowest BCUT2D eigenvalue weighted by Crippen LogP contribution is -2.00. The van der Waals surface area contributed by atoms with E-state index in [1.165, 1.54) is 4.90 Å². The Morgan fingerprint density at radius 1 is 1.05 bits per heavy atom. The minimum Gasteiger partial charge on any atom is -0.493 e. The van der Waals surface area contributed by atoms with Crippen LogP contribution >= 0.6 is 11.8 Å². The van der Waals surface area contributed by atoms with Gasteiger partial charge in [0.2, 0.25) is 0 Å². The van der Waals surface area contributed by atoms with E-state index in [1.807, 2.05) is 42.5 Å². The molecule has 2 aromatic rings. The maximum atomic E-state index is 8.67. The maximum Gasteiger partial charge on any atom is 0.120 e. The Balaban J connectivity index is 1.79. The van der Waals surface area contributed by atoms with Crippen LogP contribution < -0.4 is 4.74 Å². The largest absolute Gasteiger partial charge is 0.493 e. The van der Waals surface area contributed by atoms with Crippen LogP contribution in [0.1, 0.15) is 5.56 Å². The molecular formula is C17H16O2S. The highest BCUT2D eigenvalue weighted by Gasteiger charge is 1.96. The highest BCUT2D eigenvalue weighted by Crippen LogP contribution is 2.18. The second-order valence-electron chi connectivity index (χ2n) is 4.00. The van der Waals surface area contributed by atoms with E-state index in [0.717, 1.165) is 17.1 Å². The molecule has 0 spiro atoms. The molecule has 0 aliphatic rings. The van der Waals surface area contributed by atoms with E-state index in [0.29, 0.717) is 6.61 Å². The molecule has 0 atom stereocenters. The van der Waals surface area contributed by atoms with Crippen LogP contribution in [0, 0.1) is 11.8 Å². The second kappa shape index (κ2) is 8.31. The van der Waals surface area contributed by atoms with E-state index >= 15 is 0 Å². The zero-order valence-electron chi connectivity index (χ0n) is 11.1. The van der Waals surface area contributed by atoms with Crippen LogP contribution in [0.4, 0.5) is 0 Å². The summed E-state index contributed by atoms with van der Waals surface area (Å²) in [6, 6.07) is 17.9. The fourth-order valence-corrected chi connectivity index (χ4v) is 2.39. The summed E-state index contributed by atoms with van der Waals surface area (Å²) in [5, 5.41) is 8.67. The zero-order valence-corrected chi connectivity index (χ0v) is 11.9. The predicted octanol–water partition coefficient (Wildman–Crippen LogP) is 3.20. The van der Waals surface area contributed by atoms with Gasteiger partial charge in [0.1, 0.15) is 12.4 Å². The molecule has 0 radical (unpaired) electrons. The summed E-state index contributed by atoms with van der Waals surface area (Å²) in [7, 11) is 0. The third kappa shape index (κ3) is 5.00. The van der Waals surface area contributed by atoms with Crippen molar-refractivity contribution in [3.8, 4) is 17.6 Å². The zero-order chi connectivity index (χ0) is 14.0. The van der Waals surface area contributed by atoms with Gasteiger partial charge < -0.3 is 9.84 Å². The van der Waals surface area contributed by atoms with Gasteiger partial charge in [0.25, 0.3) is 0 Å². The first-order valence-corrected chi connectivity index (χ1v) is 7.37. The monoisotopic (exact) mass is 284 g/mol. The SMILES string of the molecule is OCC#Cc1cccc(OCCSc2ccccc2)c1. The van der Waals surface area contributed by atoms with Crippen molar-refractivity contribution in [3.05, 3.63) is 60.2 Å². The van der Waals surface area contributed by atoms with Crippen molar-refractivity contribution in [2.75, 3.05) is 19.0 Å². The number of hydrogen-bond acceptors (Lipinski definition) is 3. The average Bonchev–Trinajstić information content (AvgIpc) is 2.51. The Morgan fingerprint density at radius 3 is 2.70 bits per heavy atom. The highest BCUT2D eigenvalue weighted by atomic mass is 32.2. The molecule has 0 unspecified atom stereocenters. The van der Waals surface area contributed by atoms with Crippen LogP contribution in [0.25, 0.3) is 0 Å². The van der Waals surface area contributed by atoms with E-state index < -0.39 is 0 Å². The smallest absolute Gasteiger partial charge is 0.120 e. The molecule has 0 bridgehead atoms. The third-order valence-corrected chi connectivity index (χ3v) is 3.49. The molecule has 0 aliphatic carbocycles. The fraction of sp³-hybridized carbons (Fsp3) is 0.176. The molecule has 0 amide bonds. The number of ether oxygens (including phenoxy) is 1. The fourth-order valence-electron chi connectivity index (χ4n) is 1.64. The van der Waals surface area contributed by atoms with Crippen molar-refractivity contribution < 1.29 is 9.84 Å². The third-order valence-electron chi connectivity index (χ3n) is 2.51. The van der Waals surface area contributed by atoms with E-state index in [2.05, 4.69) is 24.0 Å². The first-order valence-electron chi connectivity index (χ1n) is 6.39. The normalized spacial score (nSPS) is 9.65. The molecular weight excluding hydrogens is 268 g/mol. The van der Waals surface area contributed by atoms with Crippen molar-refractivity contribution in [3.63, 3.8) is 0 Å². The van der Waals surface area contributed by atoms with Gasteiger partial charge in [0.15, 0.2) is 0 Å². The van der Waals surface area contributed by atoms with Crippen LogP contribution in [0.5, 0.6) is 5.75 Å². The molecule has 2 nitrogen and oxygen atoms in total. The standard InChI is InChI=1S/C17H16O2S/c18-11-5-7-15-6-4-8-16(14-15)19-12-13-20-17-9-2-1-3-10-17/h1-4,6,8-10,14,18H,11-13H2. The van der Waals surface area contributed by atoms with Crippen molar-refractivity contribution in [2.24, 2.45) is 0 Å². The molecule has 2 rings (SSSR count). The number of hydrogen-bond donors (Lipinski definition) is 1. The number of rotatable bonds is 5. The highest BCUT2D eigenvalue weighted by molar-refractivity contribution is 7.99. The van der Waals surface area contributed by atoms with Gasteiger partial charge in [-0.05, 0) is 30.3 Å². The molecule has 3 heteroatoms. The van der Waals surface area contributed by atoms with Gasteiger partial charge in [-0.25, -0.2) is 0 Å². The van der Waals surface area contributed by atoms with Crippen LogP contribution in [0.15, 0.2) is 59.5 Å². The van der Waals surface area contributed by atoms with Crippen LogP contribution in [-0.4, -0.2) is 24.1 Å². The minimum atomic E-state index is -0.126. The lowest BCUT2D eigenvalue weighted by molar-refractivity contribution is 0.344. The Labute approximate surface area is 123 Å². The van der Waals surface area contributed by atoms with Gasteiger partial charge in [-0.1, -0.05) is 36.1 Å². The predicted molar refractivity (Wildman–Crippen MR) is 83.1 cm³/mol. The Morgan fingerprint density at radius 2 is 1.90 bits per heavy atom. The van der Waals surface area contributed by atoms with Gasteiger partial charge in [-0.3, -0.25) is 0 Å². The van der Waals surface area contributed by atoms with Crippen molar-refractivity contribution in [2.45, 2.75) is 4.90 Å². The van der Waals surface area contributed by atoms with Crippen LogP contribution in [0.3, 0.4) is 0 Å². The van der Waals surface area contributed by atoms with Gasteiger partial charge in [0.05, 0.1) is 6.61 Å². The summed E-state index contributed by atoms with van der Waals surface area (Å²) in [5.41, 5.74) is 0.854. The topological polar surface area (TPSA) is 29.5 Å². The molecule has 20 heavy (non-hydrogen) atoms. The molecule has 0 aliphatic heterocycles. The molecule has 2 aromatic carbocycles. The number of thioether (sulfide) groups is 1. The molecule has 1 N–H and O–H groups in total. The molecule has 0 saturated heterocycles. The first kappa shape index (κ1) is 14.5. The summed E-state index contributed by atoms with van der Waals surface area (Å²) < 4.78 is 5.70. The quantitative estimate of drug-likeness (QED) is 0.519. The van der Waals surface area contributed by atoms with E-state index in [-0.39, 0.29) is 6.61 Å². The Kier molecular flexibility index (Phi) is 6.04. The first-order chi connectivity index (χ1) is 9.88. The van der Waals surface area contributed by atoms with Gasteiger partial charge >= 0.3 is 0 Å². The Bertz CT molecular complexity index is 585. The van der Waals surface area contributed by atoms with E-state index in [1.54, 1.807) is 11.8 Å². The van der Waals surface area contributed by atoms with E-state index in [9.17, 15) is 0 Å². The Hall–Kier alpha value is -1.89. The van der Waals surface area contributed by atoms with Crippen LogP contribution in [0.2, 0.25) is 0 Å². The van der Waals surface area contributed by atoms with Gasteiger partial charge in [-0.2, -0.15) is 0 Å². The summed E-state index contributed by atoms with van der Waals surface area (Å²) in [5.74, 6) is 7.20. The summed E-state index contributed by atoms with van der Waals surface area (Å²) >= 11 is 1.77. The summed E-state index contributed by atoms with van der Waals surface area (Å²) in [6.45, 7) is 0.523. The molecule has 0 heterocycles. The summed E-state index contributed by atoms with van der Waals surface area (Å²) in [6.07, 6.45) is 0. The van der Waals surface area contributed by atoms with Crippen molar-refractivity contribution in [1.82, 2.24) is 0 Å². The number of aliphatic hydroxyl groups is 1. The molecule has 0 fully saturated rings. The lowest BCUT2D eigenvalue weighted by Gasteiger charge is -2.06. The minimum absolute atomic E-state index is 0.126. The second-order valence-corrected chi connectivity index (χ2v) is 5.17. The van der Waals surface area contributed by atoms with E-state index in [4.69, 9.17) is 9.84 Å². The molecule has 0 aromatic heterocycles. The molecule has 102 valence electrons. The van der Waals surface area contributed by atoms with Gasteiger partial charge in [-0.15, -0.1) is 11.8 Å². The molecule has 0 saturated carbocycles. The number of benzene rings is 2. The van der Waals surface area contributed by atoms with Gasteiger partial charge in [0, 0.05) is 16.2 Å². The number of aliphatic hydroxyl groups excluding tert-OH is 1.